The molecule has 102 valence electrons. The highest BCUT2D eigenvalue weighted by molar-refractivity contribution is 9.10. The molecule has 0 aliphatic carbocycles. The van der Waals surface area contributed by atoms with Crippen LogP contribution in [-0.2, 0) is 12.3 Å². The molecule has 0 N–H and O–H groups in total. The normalized spacial score (nSPS) is 10.2. The van der Waals surface area contributed by atoms with Crippen molar-refractivity contribution in [3.63, 3.8) is 0 Å². The maximum Gasteiger partial charge on any atom is 0.191 e. The van der Waals surface area contributed by atoms with E-state index in [2.05, 4.69) is 38.8 Å². The van der Waals surface area contributed by atoms with Crippen LogP contribution in [-0.4, -0.2) is 14.8 Å². The first-order valence-electron chi connectivity index (χ1n) is 5.97. The largest absolute Gasteiger partial charge is 0.302 e. The molecular weight excluding hydrogens is 336 g/mol. The number of nitrogens with zero attached hydrogens (tertiary/aromatic N) is 4. The zero-order chi connectivity index (χ0) is 14.5. The van der Waals surface area contributed by atoms with Crippen LogP contribution in [0.3, 0.4) is 0 Å². The Bertz CT molecular complexity index is 672. The number of halogens is 1. The van der Waals surface area contributed by atoms with E-state index in [0.29, 0.717) is 12.1 Å². The van der Waals surface area contributed by atoms with Crippen molar-refractivity contribution in [2.45, 2.75) is 24.4 Å². The van der Waals surface area contributed by atoms with Gasteiger partial charge in [0, 0.05) is 16.8 Å². The third-order valence-electron chi connectivity index (χ3n) is 2.75. The van der Waals surface area contributed by atoms with Crippen molar-refractivity contribution in [2.75, 3.05) is 0 Å². The average Bonchev–Trinajstić information content (AvgIpc) is 2.79. The first kappa shape index (κ1) is 14.8. The van der Waals surface area contributed by atoms with Gasteiger partial charge in [0.05, 0.1) is 11.6 Å². The molecule has 0 atom stereocenters. The molecule has 0 saturated carbocycles. The Morgan fingerprint density at radius 2 is 2.30 bits per heavy atom. The zero-order valence-electron chi connectivity index (χ0n) is 11.0. The maximum atomic E-state index is 8.85. The molecule has 0 aliphatic heterocycles. The zero-order valence-corrected chi connectivity index (χ0v) is 13.4. The number of hydrogen-bond donors (Lipinski definition) is 0. The fourth-order valence-corrected chi connectivity index (χ4v) is 3.39. The second-order valence-electron chi connectivity index (χ2n) is 4.14. The minimum atomic E-state index is 0.649. The summed E-state index contributed by atoms with van der Waals surface area (Å²) in [6.45, 7) is 6.38. The molecule has 0 unspecified atom stereocenters. The molecule has 1 aromatic carbocycles. The lowest BCUT2D eigenvalue weighted by atomic mass is 10.2. The number of allylic oxidation sites excluding steroid dienone is 1. The van der Waals surface area contributed by atoms with E-state index in [1.165, 1.54) is 0 Å². The predicted molar refractivity (Wildman–Crippen MR) is 83.4 cm³/mol. The summed E-state index contributed by atoms with van der Waals surface area (Å²) >= 11 is 5.11. The highest BCUT2D eigenvalue weighted by Crippen LogP contribution is 2.27. The van der Waals surface area contributed by atoms with Gasteiger partial charge >= 0.3 is 0 Å². The van der Waals surface area contributed by atoms with Crippen LogP contribution in [0.15, 0.2) is 40.5 Å². The van der Waals surface area contributed by atoms with Crippen molar-refractivity contribution in [3.05, 3.63) is 52.3 Å². The minimum absolute atomic E-state index is 0.649. The minimum Gasteiger partial charge on any atom is -0.302 e. The number of benzene rings is 1. The van der Waals surface area contributed by atoms with Crippen LogP contribution < -0.4 is 0 Å². The summed E-state index contributed by atoms with van der Waals surface area (Å²) in [4.78, 5) is 0. The van der Waals surface area contributed by atoms with Gasteiger partial charge in [0.15, 0.2) is 5.16 Å². The van der Waals surface area contributed by atoms with Crippen molar-refractivity contribution < 1.29 is 0 Å². The number of aryl methyl sites for hydroxylation is 1. The van der Waals surface area contributed by atoms with Gasteiger partial charge in [-0.2, -0.15) is 5.26 Å². The van der Waals surface area contributed by atoms with Gasteiger partial charge < -0.3 is 4.57 Å². The average molecular weight is 349 g/mol. The molecule has 0 aliphatic rings. The van der Waals surface area contributed by atoms with E-state index in [1.807, 2.05) is 35.8 Å². The lowest BCUT2D eigenvalue weighted by molar-refractivity contribution is 0.703. The van der Waals surface area contributed by atoms with E-state index in [1.54, 1.807) is 11.8 Å². The van der Waals surface area contributed by atoms with Crippen molar-refractivity contribution in [1.29, 1.82) is 5.26 Å². The molecule has 6 heteroatoms. The monoisotopic (exact) mass is 348 g/mol. The van der Waals surface area contributed by atoms with Gasteiger partial charge in [0.2, 0.25) is 0 Å². The van der Waals surface area contributed by atoms with Crippen molar-refractivity contribution in [1.82, 2.24) is 14.8 Å². The van der Waals surface area contributed by atoms with Crippen LogP contribution in [0.5, 0.6) is 0 Å². The molecular formula is C14H13BrN4S. The van der Waals surface area contributed by atoms with Gasteiger partial charge in [0.25, 0.3) is 0 Å². The fourth-order valence-electron chi connectivity index (χ4n) is 1.68. The number of aromatic nitrogens is 3. The first-order chi connectivity index (χ1) is 9.65. The van der Waals surface area contributed by atoms with E-state index < -0.39 is 0 Å². The Balaban J connectivity index is 2.13. The number of rotatable bonds is 5. The summed E-state index contributed by atoms with van der Waals surface area (Å²) in [7, 11) is 0. The van der Waals surface area contributed by atoms with E-state index in [4.69, 9.17) is 5.26 Å². The topological polar surface area (TPSA) is 54.5 Å². The molecule has 0 bridgehead atoms. The SMILES string of the molecule is C=CCn1c(C)nnc1SCc1ccc(C#N)cc1Br. The molecule has 0 radical (unpaired) electrons. The molecule has 1 aromatic heterocycles. The van der Waals surface area contributed by atoms with Crippen molar-refractivity contribution >= 4 is 27.7 Å². The summed E-state index contributed by atoms with van der Waals surface area (Å²) in [5, 5.41) is 18.0. The lowest BCUT2D eigenvalue weighted by Crippen LogP contribution is -2.00. The molecule has 0 fully saturated rings. The maximum absolute atomic E-state index is 8.85. The smallest absolute Gasteiger partial charge is 0.191 e. The molecule has 0 saturated heterocycles. The summed E-state index contributed by atoms with van der Waals surface area (Å²) in [5.74, 6) is 1.65. The quantitative estimate of drug-likeness (QED) is 0.610. The number of hydrogen-bond acceptors (Lipinski definition) is 4. The summed E-state index contributed by atoms with van der Waals surface area (Å²) in [5.41, 5.74) is 1.77. The molecule has 4 nitrogen and oxygen atoms in total. The van der Waals surface area contributed by atoms with E-state index >= 15 is 0 Å². The number of thioether (sulfide) groups is 1. The molecule has 2 rings (SSSR count). The van der Waals surface area contributed by atoms with Crippen LogP contribution in [0.4, 0.5) is 0 Å². The molecule has 20 heavy (non-hydrogen) atoms. The standard InChI is InChI=1S/C14H13BrN4S/c1-3-6-19-10(2)17-18-14(19)20-9-12-5-4-11(8-16)7-13(12)15/h3-5,7H,1,6,9H2,2H3. The van der Waals surface area contributed by atoms with Crippen LogP contribution in [0.1, 0.15) is 17.0 Å². The van der Waals surface area contributed by atoms with E-state index in [-0.39, 0.29) is 0 Å². The fraction of sp³-hybridized carbons (Fsp3) is 0.214. The van der Waals surface area contributed by atoms with Crippen LogP contribution >= 0.6 is 27.7 Å². The first-order valence-corrected chi connectivity index (χ1v) is 7.75. The van der Waals surface area contributed by atoms with Gasteiger partial charge in [-0.3, -0.25) is 0 Å². The van der Waals surface area contributed by atoms with Gasteiger partial charge in [0.1, 0.15) is 5.82 Å². The Morgan fingerprint density at radius 1 is 1.50 bits per heavy atom. The Labute approximate surface area is 130 Å². The third-order valence-corrected chi connectivity index (χ3v) is 4.51. The third kappa shape index (κ3) is 3.30. The Hall–Kier alpha value is -1.58. The second kappa shape index (κ2) is 6.73. The summed E-state index contributed by atoms with van der Waals surface area (Å²) in [6, 6.07) is 7.73. The van der Waals surface area contributed by atoms with Crippen LogP contribution in [0, 0.1) is 18.3 Å². The Kier molecular flexibility index (Phi) is 4.99. The molecule has 0 spiro atoms. The summed E-state index contributed by atoms with van der Waals surface area (Å²) < 4.78 is 2.96. The van der Waals surface area contributed by atoms with Crippen molar-refractivity contribution in [3.8, 4) is 6.07 Å². The van der Waals surface area contributed by atoms with Crippen molar-refractivity contribution in [2.24, 2.45) is 0 Å². The lowest BCUT2D eigenvalue weighted by Gasteiger charge is -2.06. The van der Waals surface area contributed by atoms with Gasteiger partial charge in [-0.1, -0.05) is 39.8 Å². The molecule has 2 aromatic rings. The van der Waals surface area contributed by atoms with Gasteiger partial charge in [-0.05, 0) is 24.6 Å². The molecule has 0 amide bonds. The van der Waals surface area contributed by atoms with E-state index in [9.17, 15) is 0 Å². The van der Waals surface area contributed by atoms with Crippen LogP contribution in [0.25, 0.3) is 0 Å². The van der Waals surface area contributed by atoms with Gasteiger partial charge in [-0.25, -0.2) is 0 Å². The van der Waals surface area contributed by atoms with Crippen LogP contribution in [0.2, 0.25) is 0 Å². The number of nitriles is 1. The highest BCUT2D eigenvalue weighted by Gasteiger charge is 2.09. The second-order valence-corrected chi connectivity index (χ2v) is 5.93. The predicted octanol–water partition coefficient (Wildman–Crippen LogP) is 3.70. The Morgan fingerprint density at radius 3 is 2.95 bits per heavy atom. The highest BCUT2D eigenvalue weighted by atomic mass is 79.9. The molecule has 1 heterocycles. The van der Waals surface area contributed by atoms with E-state index in [0.717, 1.165) is 26.8 Å². The van der Waals surface area contributed by atoms with Gasteiger partial charge in [-0.15, -0.1) is 16.8 Å². The summed E-state index contributed by atoms with van der Waals surface area (Å²) in [6.07, 6.45) is 1.83.